The third-order valence-electron chi connectivity index (χ3n) is 11.2. The van der Waals surface area contributed by atoms with Gasteiger partial charge in [0.2, 0.25) is 0 Å². The summed E-state index contributed by atoms with van der Waals surface area (Å²) in [5, 5.41) is 33.4. The number of hydrogen-bond donors (Lipinski definition) is 3. The van der Waals surface area contributed by atoms with Crippen LogP contribution in [0, 0.1) is 46.3 Å². The lowest BCUT2D eigenvalue weighted by atomic mass is 9.43. The number of carbonyl (C=O) groups is 1. The fraction of sp³-hybridized carbons (Fsp3) is 0.897. The third-order valence-corrected chi connectivity index (χ3v) is 11.2. The number of rotatable bonds is 6. The topological polar surface area (TPSA) is 87.0 Å². The van der Waals surface area contributed by atoms with Gasteiger partial charge in [-0.3, -0.25) is 0 Å². The van der Waals surface area contributed by atoms with Crippen LogP contribution in [-0.2, 0) is 9.53 Å². The predicted octanol–water partition coefficient (Wildman–Crippen LogP) is 4.87. The number of fused-ring (bicyclic) bond motifs is 5. The van der Waals surface area contributed by atoms with Gasteiger partial charge in [0, 0.05) is 5.57 Å². The molecule has 11 atom stereocenters. The molecule has 4 aliphatic carbocycles. The van der Waals surface area contributed by atoms with E-state index in [1.54, 1.807) is 0 Å². The van der Waals surface area contributed by atoms with Crippen LogP contribution in [0.3, 0.4) is 0 Å². The molecule has 194 valence electrons. The van der Waals surface area contributed by atoms with E-state index < -0.39 is 0 Å². The maximum absolute atomic E-state index is 11.9. The Morgan fingerprint density at radius 1 is 1.09 bits per heavy atom. The van der Waals surface area contributed by atoms with Crippen LogP contribution in [0.5, 0.6) is 0 Å². The molecular weight excluding hydrogens is 428 g/mol. The number of carbonyl (C=O) groups excluding carboxylic acids is 1. The molecule has 0 aromatic rings. The summed E-state index contributed by atoms with van der Waals surface area (Å²) in [4.78, 5) is 11.9. The molecule has 0 saturated heterocycles. The number of aliphatic hydroxyl groups excluding tert-OH is 3. The van der Waals surface area contributed by atoms with Crippen LogP contribution in [0.1, 0.15) is 92.4 Å². The predicted molar refractivity (Wildman–Crippen MR) is 133 cm³/mol. The van der Waals surface area contributed by atoms with Crippen molar-refractivity contribution in [2.24, 2.45) is 46.3 Å². The van der Waals surface area contributed by atoms with Gasteiger partial charge >= 0.3 is 5.97 Å². The fourth-order valence-corrected chi connectivity index (χ4v) is 9.22. The SMILES string of the molecule is CCOC(=O)/C(C)=C/CC[C@@H](C)[C@H]1CC[C@H]2[C@@H]3[C@H](O)C[C@@H]4C[C@H](O)CC[C@]4(C)[C@H]3C[C@H](O)[C@]12C. The van der Waals surface area contributed by atoms with Gasteiger partial charge in [0.1, 0.15) is 0 Å². The Kier molecular flexibility index (Phi) is 7.59. The zero-order valence-electron chi connectivity index (χ0n) is 22.0. The highest BCUT2D eigenvalue weighted by Gasteiger charge is 2.65. The van der Waals surface area contributed by atoms with Crippen LogP contribution in [0.15, 0.2) is 11.6 Å². The molecular formula is C29H48O5. The molecule has 0 aliphatic heterocycles. The van der Waals surface area contributed by atoms with Crippen molar-refractivity contribution < 1.29 is 24.9 Å². The van der Waals surface area contributed by atoms with Crippen molar-refractivity contribution in [3.8, 4) is 0 Å². The van der Waals surface area contributed by atoms with Crippen LogP contribution in [0.25, 0.3) is 0 Å². The smallest absolute Gasteiger partial charge is 0.333 e. The van der Waals surface area contributed by atoms with E-state index in [9.17, 15) is 20.1 Å². The van der Waals surface area contributed by atoms with Crippen LogP contribution in [0.2, 0.25) is 0 Å². The Hall–Kier alpha value is -0.910. The van der Waals surface area contributed by atoms with Gasteiger partial charge in [-0.2, -0.15) is 0 Å². The van der Waals surface area contributed by atoms with Gasteiger partial charge in [-0.1, -0.05) is 26.8 Å². The Labute approximate surface area is 206 Å². The minimum absolute atomic E-state index is 0.116. The van der Waals surface area contributed by atoms with Crippen LogP contribution >= 0.6 is 0 Å². The number of ether oxygens (including phenoxy) is 1. The molecule has 0 bridgehead atoms. The van der Waals surface area contributed by atoms with Crippen molar-refractivity contribution in [2.45, 2.75) is 111 Å². The molecule has 0 amide bonds. The second-order valence-corrected chi connectivity index (χ2v) is 12.7. The number of allylic oxidation sites excluding steroid dienone is 1. The fourth-order valence-electron chi connectivity index (χ4n) is 9.22. The highest BCUT2D eigenvalue weighted by atomic mass is 16.5. The highest BCUT2D eigenvalue weighted by Crippen LogP contribution is 2.68. The lowest BCUT2D eigenvalue weighted by Crippen LogP contribution is -2.62. The first-order chi connectivity index (χ1) is 16.0. The lowest BCUT2D eigenvalue weighted by Gasteiger charge is -2.63. The van der Waals surface area contributed by atoms with E-state index in [0.29, 0.717) is 41.8 Å². The summed E-state index contributed by atoms with van der Waals surface area (Å²) in [6.07, 6.45) is 9.36. The van der Waals surface area contributed by atoms with Gasteiger partial charge in [-0.05, 0) is 118 Å². The summed E-state index contributed by atoms with van der Waals surface area (Å²) in [5.41, 5.74) is 0.625. The van der Waals surface area contributed by atoms with E-state index in [2.05, 4.69) is 20.8 Å². The molecule has 34 heavy (non-hydrogen) atoms. The zero-order valence-corrected chi connectivity index (χ0v) is 22.0. The van der Waals surface area contributed by atoms with Gasteiger partial charge in [-0.25, -0.2) is 4.79 Å². The summed E-state index contributed by atoms with van der Waals surface area (Å²) in [6, 6.07) is 0. The summed E-state index contributed by atoms with van der Waals surface area (Å²) in [7, 11) is 0. The number of hydrogen-bond acceptors (Lipinski definition) is 5. The molecule has 4 aliphatic rings. The molecule has 0 radical (unpaired) electrons. The Balaban J connectivity index is 1.49. The standard InChI is InChI=1S/C29H48O5/c1-6-34-27(33)18(3)9-7-8-17(2)21-10-11-22-26-23(16-25(32)29(21,22)5)28(4)13-12-20(30)14-19(28)15-24(26)31/h9,17,19-26,30-32H,6-8,10-16H2,1-5H3/b18-9+/t17-,19+,20-,21-,22+,23+,24-,25+,26+,28+,29-/m1/s1. The third kappa shape index (κ3) is 4.28. The average molecular weight is 477 g/mol. The minimum atomic E-state index is -0.347. The average Bonchev–Trinajstić information content (AvgIpc) is 3.14. The van der Waals surface area contributed by atoms with Gasteiger partial charge in [-0.15, -0.1) is 0 Å². The zero-order chi connectivity index (χ0) is 24.8. The molecule has 5 nitrogen and oxygen atoms in total. The maximum Gasteiger partial charge on any atom is 0.333 e. The first-order valence-corrected chi connectivity index (χ1v) is 13.9. The van der Waals surface area contributed by atoms with Crippen molar-refractivity contribution in [3.63, 3.8) is 0 Å². The van der Waals surface area contributed by atoms with Crippen molar-refractivity contribution >= 4 is 5.97 Å². The molecule has 0 spiro atoms. The van der Waals surface area contributed by atoms with Crippen LogP contribution in [0.4, 0.5) is 0 Å². The largest absolute Gasteiger partial charge is 0.463 e. The molecule has 3 N–H and O–H groups in total. The monoisotopic (exact) mass is 476 g/mol. The molecule has 4 rings (SSSR count). The summed E-state index contributed by atoms with van der Waals surface area (Å²) < 4.78 is 5.10. The summed E-state index contributed by atoms with van der Waals surface area (Å²) in [6.45, 7) is 11.0. The normalized spacial score (nSPS) is 47.4. The van der Waals surface area contributed by atoms with Gasteiger partial charge in [0.15, 0.2) is 0 Å². The van der Waals surface area contributed by atoms with Crippen LogP contribution < -0.4 is 0 Å². The molecule has 0 aromatic heterocycles. The van der Waals surface area contributed by atoms with Crippen molar-refractivity contribution in [3.05, 3.63) is 11.6 Å². The Bertz CT molecular complexity index is 778. The van der Waals surface area contributed by atoms with E-state index in [-0.39, 0.29) is 41.0 Å². The highest BCUT2D eigenvalue weighted by molar-refractivity contribution is 5.87. The lowest BCUT2D eigenvalue weighted by molar-refractivity contribution is -0.207. The van der Waals surface area contributed by atoms with E-state index >= 15 is 0 Å². The summed E-state index contributed by atoms with van der Waals surface area (Å²) >= 11 is 0. The minimum Gasteiger partial charge on any atom is -0.463 e. The summed E-state index contributed by atoms with van der Waals surface area (Å²) in [5.74, 6) is 1.95. The maximum atomic E-state index is 11.9. The van der Waals surface area contributed by atoms with E-state index in [0.717, 1.165) is 57.8 Å². The first-order valence-electron chi connectivity index (χ1n) is 13.9. The molecule has 0 aromatic carbocycles. The Morgan fingerprint density at radius 2 is 1.82 bits per heavy atom. The second-order valence-electron chi connectivity index (χ2n) is 12.7. The molecule has 5 heteroatoms. The molecule has 4 fully saturated rings. The first kappa shape index (κ1) is 26.2. The number of aliphatic hydroxyl groups is 3. The van der Waals surface area contributed by atoms with Crippen molar-refractivity contribution in [2.75, 3.05) is 6.61 Å². The van der Waals surface area contributed by atoms with Crippen molar-refractivity contribution in [1.29, 1.82) is 0 Å². The van der Waals surface area contributed by atoms with Gasteiger partial charge in [0.25, 0.3) is 0 Å². The van der Waals surface area contributed by atoms with Crippen molar-refractivity contribution in [1.82, 2.24) is 0 Å². The van der Waals surface area contributed by atoms with E-state index in [1.807, 2.05) is 19.9 Å². The quantitative estimate of drug-likeness (QED) is 0.376. The molecule has 0 heterocycles. The van der Waals surface area contributed by atoms with Crippen LogP contribution in [-0.4, -0.2) is 46.2 Å². The van der Waals surface area contributed by atoms with Gasteiger partial charge in [0.05, 0.1) is 24.9 Å². The number of esters is 1. The molecule has 0 unspecified atom stereocenters. The second kappa shape index (κ2) is 9.86. The molecule has 4 saturated carbocycles. The Morgan fingerprint density at radius 3 is 2.53 bits per heavy atom. The van der Waals surface area contributed by atoms with E-state index in [4.69, 9.17) is 4.74 Å². The van der Waals surface area contributed by atoms with Gasteiger partial charge < -0.3 is 20.1 Å². The van der Waals surface area contributed by atoms with E-state index in [1.165, 1.54) is 0 Å².